The molecule has 92 valence electrons. The molecule has 1 aromatic carbocycles. The van der Waals surface area contributed by atoms with Crippen LogP contribution in [0.1, 0.15) is 22.8 Å². The molecule has 1 aromatic rings. The highest BCUT2D eigenvalue weighted by atomic mass is 16.2. The summed E-state index contributed by atoms with van der Waals surface area (Å²) in [7, 11) is 0. The maximum Gasteiger partial charge on any atom is 0.251 e. The smallest absolute Gasteiger partial charge is 0.251 e. The van der Waals surface area contributed by atoms with E-state index < -0.39 is 0 Å². The van der Waals surface area contributed by atoms with Gasteiger partial charge in [0.25, 0.3) is 5.91 Å². The highest BCUT2D eigenvalue weighted by Crippen LogP contribution is 2.16. The molecule has 0 aliphatic carbocycles. The summed E-state index contributed by atoms with van der Waals surface area (Å²) in [5, 5.41) is 5.38. The van der Waals surface area contributed by atoms with E-state index in [1.54, 1.807) is 18.2 Å². The first-order valence-corrected chi connectivity index (χ1v) is 5.47. The second-order valence-electron chi connectivity index (χ2n) is 3.64. The zero-order valence-corrected chi connectivity index (χ0v) is 10.0. The first kappa shape index (κ1) is 13.2. The summed E-state index contributed by atoms with van der Waals surface area (Å²) in [6.45, 7) is 4.22. The monoisotopic (exact) mass is 235 g/mol. The number of aryl methyl sites for hydroxylation is 1. The fraction of sp³-hybridized carbons (Fsp3) is 0.333. The molecule has 2 amide bonds. The summed E-state index contributed by atoms with van der Waals surface area (Å²) >= 11 is 0. The van der Waals surface area contributed by atoms with Gasteiger partial charge in [0, 0.05) is 17.8 Å². The Balaban J connectivity index is 2.86. The first-order chi connectivity index (χ1) is 8.08. The minimum absolute atomic E-state index is 0.0580. The van der Waals surface area contributed by atoms with Gasteiger partial charge in [0.2, 0.25) is 5.91 Å². The highest BCUT2D eigenvalue weighted by Gasteiger charge is 2.07. The van der Waals surface area contributed by atoms with E-state index >= 15 is 0 Å². The van der Waals surface area contributed by atoms with Crippen LogP contribution in [0.25, 0.3) is 0 Å². The Labute approximate surface area is 100 Å². The summed E-state index contributed by atoms with van der Waals surface area (Å²) < 4.78 is 0. The molecule has 0 saturated heterocycles. The minimum Gasteiger partial charge on any atom is -0.352 e. The normalized spacial score (nSPS) is 9.82. The molecule has 0 aromatic heterocycles. The standard InChI is InChI=1S/C12H17N3O2/c1-3-14-12(17)9-4-5-10(8(2)6-9)15-11(16)7-13/h4-6H,3,7,13H2,1-2H3,(H,14,17)(H,15,16). The van der Waals surface area contributed by atoms with Crippen LogP contribution >= 0.6 is 0 Å². The molecular weight excluding hydrogens is 218 g/mol. The molecule has 5 heteroatoms. The molecule has 1 rings (SSSR count). The second kappa shape index (κ2) is 6.00. The molecule has 4 N–H and O–H groups in total. The summed E-state index contributed by atoms with van der Waals surface area (Å²) in [5.41, 5.74) is 7.29. The third kappa shape index (κ3) is 3.57. The average molecular weight is 235 g/mol. The van der Waals surface area contributed by atoms with E-state index in [1.807, 2.05) is 13.8 Å². The van der Waals surface area contributed by atoms with Gasteiger partial charge >= 0.3 is 0 Å². The van der Waals surface area contributed by atoms with Gasteiger partial charge in [0.1, 0.15) is 0 Å². The van der Waals surface area contributed by atoms with Gasteiger partial charge in [-0.3, -0.25) is 9.59 Å². The largest absolute Gasteiger partial charge is 0.352 e. The number of carbonyl (C=O) groups excluding carboxylic acids is 2. The highest BCUT2D eigenvalue weighted by molar-refractivity contribution is 5.96. The summed E-state index contributed by atoms with van der Waals surface area (Å²) in [6.07, 6.45) is 0. The summed E-state index contributed by atoms with van der Waals surface area (Å²) in [4.78, 5) is 22.7. The Kier molecular flexibility index (Phi) is 4.66. The second-order valence-corrected chi connectivity index (χ2v) is 3.64. The lowest BCUT2D eigenvalue weighted by atomic mass is 10.1. The van der Waals surface area contributed by atoms with Gasteiger partial charge < -0.3 is 16.4 Å². The minimum atomic E-state index is -0.251. The third-order valence-corrected chi connectivity index (χ3v) is 2.29. The van der Waals surface area contributed by atoms with E-state index in [-0.39, 0.29) is 18.4 Å². The van der Waals surface area contributed by atoms with Gasteiger partial charge in [-0.25, -0.2) is 0 Å². The van der Waals surface area contributed by atoms with Crippen molar-refractivity contribution in [2.75, 3.05) is 18.4 Å². The van der Waals surface area contributed by atoms with Crippen LogP contribution < -0.4 is 16.4 Å². The van der Waals surface area contributed by atoms with Crippen molar-refractivity contribution in [2.24, 2.45) is 5.73 Å². The molecule has 0 aliphatic heterocycles. The van der Waals surface area contributed by atoms with E-state index in [0.29, 0.717) is 17.8 Å². The molecule has 0 spiro atoms. The van der Waals surface area contributed by atoms with Crippen LogP contribution in [0.3, 0.4) is 0 Å². The van der Waals surface area contributed by atoms with Crippen LogP contribution in [0.4, 0.5) is 5.69 Å². The van der Waals surface area contributed by atoms with Crippen LogP contribution in [-0.4, -0.2) is 24.9 Å². The van der Waals surface area contributed by atoms with Crippen molar-refractivity contribution in [3.63, 3.8) is 0 Å². The average Bonchev–Trinajstić information content (AvgIpc) is 2.31. The molecule has 0 unspecified atom stereocenters. The number of benzene rings is 1. The number of nitrogens with one attached hydrogen (secondary N) is 2. The lowest BCUT2D eigenvalue weighted by molar-refractivity contribution is -0.114. The molecule has 17 heavy (non-hydrogen) atoms. The Morgan fingerprint density at radius 3 is 2.59 bits per heavy atom. The third-order valence-electron chi connectivity index (χ3n) is 2.29. The molecule has 0 saturated carbocycles. The lowest BCUT2D eigenvalue weighted by Gasteiger charge is -2.09. The zero-order chi connectivity index (χ0) is 12.8. The van der Waals surface area contributed by atoms with Crippen molar-refractivity contribution in [1.29, 1.82) is 0 Å². The van der Waals surface area contributed by atoms with Crippen molar-refractivity contribution in [3.8, 4) is 0 Å². The fourth-order valence-corrected chi connectivity index (χ4v) is 1.41. The quantitative estimate of drug-likeness (QED) is 0.716. The number of carbonyl (C=O) groups is 2. The van der Waals surface area contributed by atoms with Gasteiger partial charge in [-0.05, 0) is 37.6 Å². The maximum absolute atomic E-state index is 11.6. The Morgan fingerprint density at radius 2 is 2.06 bits per heavy atom. The van der Waals surface area contributed by atoms with Gasteiger partial charge in [-0.15, -0.1) is 0 Å². The van der Waals surface area contributed by atoms with Crippen LogP contribution in [-0.2, 0) is 4.79 Å². The zero-order valence-electron chi connectivity index (χ0n) is 10.0. The van der Waals surface area contributed by atoms with E-state index in [1.165, 1.54) is 0 Å². The predicted octanol–water partition coefficient (Wildman–Crippen LogP) is 0.642. The fourth-order valence-electron chi connectivity index (χ4n) is 1.41. The van der Waals surface area contributed by atoms with Gasteiger partial charge in [0.15, 0.2) is 0 Å². The van der Waals surface area contributed by atoms with Gasteiger partial charge in [-0.1, -0.05) is 0 Å². The topological polar surface area (TPSA) is 84.2 Å². The molecule has 0 fully saturated rings. The molecule has 0 aliphatic rings. The number of anilines is 1. The van der Waals surface area contributed by atoms with Crippen molar-refractivity contribution in [3.05, 3.63) is 29.3 Å². The van der Waals surface area contributed by atoms with Crippen LogP contribution in [0, 0.1) is 6.92 Å². The van der Waals surface area contributed by atoms with Crippen molar-refractivity contribution >= 4 is 17.5 Å². The molecule has 0 heterocycles. The van der Waals surface area contributed by atoms with Crippen molar-refractivity contribution < 1.29 is 9.59 Å². The molecule has 5 nitrogen and oxygen atoms in total. The van der Waals surface area contributed by atoms with Crippen molar-refractivity contribution in [1.82, 2.24) is 5.32 Å². The lowest BCUT2D eigenvalue weighted by Crippen LogP contribution is -2.24. The molecule has 0 radical (unpaired) electrons. The van der Waals surface area contributed by atoms with Gasteiger partial charge in [-0.2, -0.15) is 0 Å². The first-order valence-electron chi connectivity index (χ1n) is 5.47. The Bertz CT molecular complexity index is 430. The SMILES string of the molecule is CCNC(=O)c1ccc(NC(=O)CN)c(C)c1. The molecular formula is C12H17N3O2. The number of rotatable bonds is 4. The van der Waals surface area contributed by atoms with E-state index in [9.17, 15) is 9.59 Å². The van der Waals surface area contributed by atoms with E-state index in [4.69, 9.17) is 5.73 Å². The molecule has 0 bridgehead atoms. The van der Waals surface area contributed by atoms with Gasteiger partial charge in [0.05, 0.1) is 6.54 Å². The van der Waals surface area contributed by atoms with Crippen LogP contribution in [0.15, 0.2) is 18.2 Å². The molecule has 0 atom stereocenters. The van der Waals surface area contributed by atoms with E-state index in [0.717, 1.165) is 5.56 Å². The number of nitrogens with two attached hydrogens (primary N) is 1. The predicted molar refractivity (Wildman–Crippen MR) is 66.9 cm³/mol. The van der Waals surface area contributed by atoms with Crippen LogP contribution in [0.5, 0.6) is 0 Å². The number of hydrogen-bond donors (Lipinski definition) is 3. The van der Waals surface area contributed by atoms with Crippen LogP contribution in [0.2, 0.25) is 0 Å². The Morgan fingerprint density at radius 1 is 1.35 bits per heavy atom. The summed E-state index contributed by atoms with van der Waals surface area (Å²) in [5.74, 6) is -0.369. The van der Waals surface area contributed by atoms with E-state index in [2.05, 4.69) is 10.6 Å². The maximum atomic E-state index is 11.6. The number of amides is 2. The Hall–Kier alpha value is -1.88. The van der Waals surface area contributed by atoms with Crippen molar-refractivity contribution in [2.45, 2.75) is 13.8 Å². The number of hydrogen-bond acceptors (Lipinski definition) is 3. The summed E-state index contributed by atoms with van der Waals surface area (Å²) in [6, 6.07) is 5.11.